The van der Waals surface area contributed by atoms with Gasteiger partial charge in [-0.25, -0.2) is 0 Å². The minimum atomic E-state index is -0.340. The highest BCUT2D eigenvalue weighted by Crippen LogP contribution is 2.31. The predicted molar refractivity (Wildman–Crippen MR) is 99.4 cm³/mol. The van der Waals surface area contributed by atoms with E-state index in [0.717, 1.165) is 22.9 Å². The summed E-state index contributed by atoms with van der Waals surface area (Å²) in [5, 5.41) is 1.34. The number of hydrogen-bond donors (Lipinski definition) is 1. The van der Waals surface area contributed by atoms with Crippen LogP contribution in [0.2, 0.25) is 10.0 Å². The average Bonchev–Trinajstić information content (AvgIpc) is 2.85. The van der Waals surface area contributed by atoms with Gasteiger partial charge in [-0.15, -0.1) is 0 Å². The van der Waals surface area contributed by atoms with Gasteiger partial charge in [0.1, 0.15) is 12.4 Å². The summed E-state index contributed by atoms with van der Waals surface area (Å²) in [5.41, 5.74) is 7.17. The summed E-state index contributed by atoms with van der Waals surface area (Å²) in [5.74, 6) is 0.201. The van der Waals surface area contributed by atoms with E-state index in [1.54, 1.807) is 24.3 Å². The summed E-state index contributed by atoms with van der Waals surface area (Å²) in [4.78, 5) is 15.7. The standard InChI is InChI=1S/C17H12Cl2N2O2S/c18-12-4-2-1-3-11(12)9-23-14-6-5-10(7-13(14)19)8-15-16(22)21-17(20)24-15/h1-8H,9H2,(H2,20,21,22)/b15-8-. The molecule has 2 aromatic carbocycles. The molecule has 0 aliphatic carbocycles. The van der Waals surface area contributed by atoms with Crippen molar-refractivity contribution in [2.24, 2.45) is 10.7 Å². The highest BCUT2D eigenvalue weighted by Gasteiger charge is 2.19. The second kappa shape index (κ2) is 7.30. The van der Waals surface area contributed by atoms with Crippen LogP contribution in [0.5, 0.6) is 5.75 Å². The molecule has 1 heterocycles. The molecule has 1 aliphatic heterocycles. The van der Waals surface area contributed by atoms with Gasteiger partial charge in [-0.1, -0.05) is 47.5 Å². The molecule has 2 aromatic rings. The third-order valence-electron chi connectivity index (χ3n) is 3.23. The lowest BCUT2D eigenvalue weighted by Crippen LogP contribution is -2.01. The highest BCUT2D eigenvalue weighted by atomic mass is 35.5. The molecule has 1 aliphatic rings. The van der Waals surface area contributed by atoms with Crippen molar-refractivity contribution in [3.8, 4) is 5.75 Å². The maximum absolute atomic E-state index is 11.6. The first kappa shape index (κ1) is 16.9. The number of nitrogens with two attached hydrogens (primary N) is 1. The van der Waals surface area contributed by atoms with Crippen LogP contribution >= 0.6 is 35.0 Å². The van der Waals surface area contributed by atoms with Crippen molar-refractivity contribution >= 4 is 52.1 Å². The van der Waals surface area contributed by atoms with E-state index in [1.807, 2.05) is 24.3 Å². The maximum Gasteiger partial charge on any atom is 0.286 e. The van der Waals surface area contributed by atoms with Crippen LogP contribution in [0.3, 0.4) is 0 Å². The van der Waals surface area contributed by atoms with E-state index >= 15 is 0 Å². The molecule has 1 amide bonds. The van der Waals surface area contributed by atoms with E-state index < -0.39 is 0 Å². The van der Waals surface area contributed by atoms with Crippen molar-refractivity contribution in [3.63, 3.8) is 0 Å². The molecule has 0 atom stereocenters. The minimum Gasteiger partial charge on any atom is -0.487 e. The minimum absolute atomic E-state index is 0.247. The smallest absolute Gasteiger partial charge is 0.286 e. The van der Waals surface area contributed by atoms with E-state index in [9.17, 15) is 4.79 Å². The first-order valence-electron chi connectivity index (χ1n) is 6.97. The molecular formula is C17H12Cl2N2O2S. The Hall–Kier alpha value is -1.95. The van der Waals surface area contributed by atoms with Gasteiger partial charge in [0.15, 0.2) is 5.17 Å². The molecule has 7 heteroatoms. The third-order valence-corrected chi connectivity index (χ3v) is 4.71. The van der Waals surface area contributed by atoms with Crippen LogP contribution in [0.4, 0.5) is 0 Å². The topological polar surface area (TPSA) is 64.7 Å². The number of amidine groups is 1. The van der Waals surface area contributed by atoms with Gasteiger partial charge in [-0.3, -0.25) is 4.79 Å². The van der Waals surface area contributed by atoms with Crippen LogP contribution in [0.15, 0.2) is 52.4 Å². The fourth-order valence-corrected chi connectivity index (χ4v) is 3.19. The number of thioether (sulfide) groups is 1. The molecule has 3 rings (SSSR count). The van der Waals surface area contributed by atoms with Crippen molar-refractivity contribution in [2.45, 2.75) is 6.61 Å². The fourth-order valence-electron chi connectivity index (χ4n) is 2.07. The van der Waals surface area contributed by atoms with Crippen molar-refractivity contribution in [3.05, 3.63) is 68.5 Å². The molecule has 0 saturated carbocycles. The number of hydrogen-bond acceptors (Lipinski definition) is 4. The number of carbonyl (C=O) groups excluding carboxylic acids is 1. The van der Waals surface area contributed by atoms with Crippen LogP contribution < -0.4 is 10.5 Å². The summed E-state index contributed by atoms with van der Waals surface area (Å²) in [6.45, 7) is 0.318. The van der Waals surface area contributed by atoms with Crippen molar-refractivity contribution in [2.75, 3.05) is 0 Å². The van der Waals surface area contributed by atoms with E-state index in [-0.39, 0.29) is 11.1 Å². The van der Waals surface area contributed by atoms with Crippen LogP contribution in [0.1, 0.15) is 11.1 Å². The Morgan fingerprint density at radius 1 is 1.17 bits per heavy atom. The first-order chi connectivity index (χ1) is 11.5. The number of nitrogens with zero attached hydrogens (tertiary/aromatic N) is 1. The second-order valence-electron chi connectivity index (χ2n) is 4.94. The number of carbonyl (C=O) groups is 1. The molecule has 4 nitrogen and oxygen atoms in total. The zero-order valence-electron chi connectivity index (χ0n) is 12.3. The van der Waals surface area contributed by atoms with Crippen LogP contribution in [-0.4, -0.2) is 11.1 Å². The number of rotatable bonds is 4. The Labute approximate surface area is 153 Å². The van der Waals surface area contributed by atoms with Gasteiger partial charge in [-0.05, 0) is 41.6 Å². The molecule has 0 aromatic heterocycles. The van der Waals surface area contributed by atoms with Gasteiger partial charge in [0.25, 0.3) is 5.91 Å². The fraction of sp³-hybridized carbons (Fsp3) is 0.0588. The van der Waals surface area contributed by atoms with Gasteiger partial charge >= 0.3 is 0 Å². The summed E-state index contributed by atoms with van der Waals surface area (Å²) < 4.78 is 5.71. The average molecular weight is 379 g/mol. The molecular weight excluding hydrogens is 367 g/mol. The molecule has 0 unspecified atom stereocenters. The lowest BCUT2D eigenvalue weighted by molar-refractivity contribution is -0.113. The molecule has 2 N–H and O–H groups in total. The number of aliphatic imine (C=N–C) groups is 1. The molecule has 0 fully saturated rings. The summed E-state index contributed by atoms with van der Waals surface area (Å²) in [6.07, 6.45) is 1.69. The Morgan fingerprint density at radius 2 is 1.96 bits per heavy atom. The van der Waals surface area contributed by atoms with E-state index in [0.29, 0.717) is 27.3 Å². The van der Waals surface area contributed by atoms with Gasteiger partial charge in [0.05, 0.1) is 9.93 Å². The monoisotopic (exact) mass is 378 g/mol. The Balaban J connectivity index is 1.73. The quantitative estimate of drug-likeness (QED) is 0.795. The first-order valence-corrected chi connectivity index (χ1v) is 8.54. The van der Waals surface area contributed by atoms with Crippen molar-refractivity contribution in [1.82, 2.24) is 0 Å². The molecule has 0 bridgehead atoms. The molecule has 0 radical (unpaired) electrons. The maximum atomic E-state index is 11.6. The number of halogens is 2. The zero-order chi connectivity index (χ0) is 17.1. The Bertz CT molecular complexity index is 865. The van der Waals surface area contributed by atoms with Gasteiger partial charge in [0, 0.05) is 10.6 Å². The van der Waals surface area contributed by atoms with E-state index in [1.165, 1.54) is 0 Å². The van der Waals surface area contributed by atoms with Gasteiger partial charge in [-0.2, -0.15) is 4.99 Å². The van der Waals surface area contributed by atoms with E-state index in [4.69, 9.17) is 33.7 Å². The van der Waals surface area contributed by atoms with Crippen molar-refractivity contribution < 1.29 is 9.53 Å². The summed E-state index contributed by atoms with van der Waals surface area (Å²) in [7, 11) is 0. The summed E-state index contributed by atoms with van der Waals surface area (Å²) in [6, 6.07) is 12.7. The normalized spacial score (nSPS) is 15.7. The third kappa shape index (κ3) is 3.93. The molecule has 24 heavy (non-hydrogen) atoms. The lowest BCUT2D eigenvalue weighted by Gasteiger charge is -2.10. The second-order valence-corrected chi connectivity index (χ2v) is 6.81. The van der Waals surface area contributed by atoms with Gasteiger partial charge < -0.3 is 10.5 Å². The molecule has 0 saturated heterocycles. The van der Waals surface area contributed by atoms with Crippen molar-refractivity contribution in [1.29, 1.82) is 0 Å². The van der Waals surface area contributed by atoms with Gasteiger partial charge in [0.2, 0.25) is 0 Å². The Kier molecular flexibility index (Phi) is 5.14. The van der Waals surface area contributed by atoms with Crippen LogP contribution in [-0.2, 0) is 11.4 Å². The van der Waals surface area contributed by atoms with Crippen LogP contribution in [0, 0.1) is 0 Å². The highest BCUT2D eigenvalue weighted by molar-refractivity contribution is 8.18. The predicted octanol–water partition coefficient (Wildman–Crippen LogP) is 4.50. The number of amides is 1. The SMILES string of the molecule is NC1=NC(=O)/C(=C/c2ccc(OCc3ccccc3Cl)c(Cl)c2)S1. The number of ether oxygens (including phenoxy) is 1. The zero-order valence-corrected chi connectivity index (χ0v) is 14.7. The molecule has 122 valence electrons. The number of benzene rings is 2. The van der Waals surface area contributed by atoms with Crippen LogP contribution in [0.25, 0.3) is 6.08 Å². The Morgan fingerprint density at radius 3 is 2.62 bits per heavy atom. The molecule has 0 spiro atoms. The van der Waals surface area contributed by atoms with E-state index in [2.05, 4.69) is 4.99 Å². The lowest BCUT2D eigenvalue weighted by atomic mass is 10.2. The summed E-state index contributed by atoms with van der Waals surface area (Å²) >= 11 is 13.5. The largest absolute Gasteiger partial charge is 0.487 e.